The molecule has 3 rings (SSSR count). The van der Waals surface area contributed by atoms with Crippen LogP contribution in [0.25, 0.3) is 0 Å². The van der Waals surface area contributed by atoms with E-state index in [1.165, 1.54) is 12.0 Å². The van der Waals surface area contributed by atoms with Gasteiger partial charge in [-0.3, -0.25) is 0 Å². The molecule has 0 fully saturated rings. The van der Waals surface area contributed by atoms with E-state index in [9.17, 15) is 5.11 Å². The molecule has 0 aliphatic carbocycles. The Morgan fingerprint density at radius 3 is 2.71 bits per heavy atom. The standard InChI is InChI=1S/C17H17Cl2NO/c18-14-6-4-13(16(19)9-14)11-20-8-2-1-3-12-5-7-15(21)10-17(12)20/h4-7,9-10,21H,1-3,8,11H2. The van der Waals surface area contributed by atoms with E-state index in [-0.39, 0.29) is 0 Å². The number of hydrogen-bond donors (Lipinski definition) is 1. The second-order valence-corrected chi connectivity index (χ2v) is 6.27. The molecule has 1 aliphatic rings. The van der Waals surface area contributed by atoms with Crippen LogP contribution in [0.4, 0.5) is 5.69 Å². The molecule has 0 amide bonds. The molecule has 1 heterocycles. The summed E-state index contributed by atoms with van der Waals surface area (Å²) in [7, 11) is 0. The minimum absolute atomic E-state index is 0.308. The zero-order valence-electron chi connectivity index (χ0n) is 11.6. The van der Waals surface area contributed by atoms with Crippen molar-refractivity contribution < 1.29 is 5.11 Å². The van der Waals surface area contributed by atoms with Gasteiger partial charge in [0.15, 0.2) is 0 Å². The summed E-state index contributed by atoms with van der Waals surface area (Å²) < 4.78 is 0. The summed E-state index contributed by atoms with van der Waals surface area (Å²) in [6.45, 7) is 1.70. The van der Waals surface area contributed by atoms with Crippen molar-refractivity contribution in [2.75, 3.05) is 11.4 Å². The second kappa shape index (κ2) is 6.17. The van der Waals surface area contributed by atoms with Gasteiger partial charge in [-0.2, -0.15) is 0 Å². The fourth-order valence-corrected chi connectivity index (χ4v) is 3.28. The number of rotatable bonds is 2. The minimum atomic E-state index is 0.308. The summed E-state index contributed by atoms with van der Waals surface area (Å²) in [6, 6.07) is 11.2. The Balaban J connectivity index is 1.93. The van der Waals surface area contributed by atoms with Crippen LogP contribution in [0.5, 0.6) is 5.75 Å². The Bertz CT molecular complexity index is 657. The molecule has 1 N–H and O–H groups in total. The predicted octanol–water partition coefficient (Wildman–Crippen LogP) is 5.04. The van der Waals surface area contributed by atoms with Crippen molar-refractivity contribution in [1.82, 2.24) is 0 Å². The number of halogens is 2. The Labute approximate surface area is 134 Å². The van der Waals surface area contributed by atoms with Gasteiger partial charge in [-0.1, -0.05) is 35.3 Å². The van der Waals surface area contributed by atoms with E-state index in [4.69, 9.17) is 23.2 Å². The van der Waals surface area contributed by atoms with E-state index in [0.717, 1.165) is 37.2 Å². The third-order valence-electron chi connectivity index (χ3n) is 3.91. The highest BCUT2D eigenvalue weighted by Gasteiger charge is 2.17. The number of hydrogen-bond acceptors (Lipinski definition) is 2. The van der Waals surface area contributed by atoms with Crippen molar-refractivity contribution in [2.45, 2.75) is 25.8 Å². The smallest absolute Gasteiger partial charge is 0.117 e. The Morgan fingerprint density at radius 2 is 1.90 bits per heavy atom. The fraction of sp³-hybridized carbons (Fsp3) is 0.294. The summed E-state index contributed by atoms with van der Waals surface area (Å²) in [4.78, 5) is 2.29. The lowest BCUT2D eigenvalue weighted by Gasteiger charge is -2.25. The molecule has 0 spiro atoms. The number of benzene rings is 2. The lowest BCUT2D eigenvalue weighted by molar-refractivity contribution is 0.475. The molecule has 1 aliphatic heterocycles. The molecule has 0 saturated carbocycles. The van der Waals surface area contributed by atoms with Crippen molar-refractivity contribution in [1.29, 1.82) is 0 Å². The van der Waals surface area contributed by atoms with Crippen molar-refractivity contribution in [3.8, 4) is 5.75 Å². The van der Waals surface area contributed by atoms with Crippen molar-refractivity contribution in [3.05, 3.63) is 57.6 Å². The van der Waals surface area contributed by atoms with E-state index in [1.54, 1.807) is 12.1 Å². The molecule has 2 nitrogen and oxygen atoms in total. The van der Waals surface area contributed by atoms with Gasteiger partial charge in [0, 0.05) is 34.9 Å². The second-order valence-electron chi connectivity index (χ2n) is 5.43. The van der Waals surface area contributed by atoms with E-state index in [0.29, 0.717) is 15.8 Å². The third kappa shape index (κ3) is 3.28. The number of aryl methyl sites for hydroxylation is 1. The maximum Gasteiger partial charge on any atom is 0.117 e. The molecule has 0 atom stereocenters. The number of phenols is 1. The van der Waals surface area contributed by atoms with Crippen molar-refractivity contribution >= 4 is 28.9 Å². The van der Waals surface area contributed by atoms with Crippen LogP contribution in [0, 0.1) is 0 Å². The first kappa shape index (κ1) is 14.6. The molecular formula is C17H17Cl2NO. The zero-order valence-corrected chi connectivity index (χ0v) is 13.2. The SMILES string of the molecule is Oc1ccc2c(c1)N(Cc1ccc(Cl)cc1Cl)CCCC2. The van der Waals surface area contributed by atoms with E-state index >= 15 is 0 Å². The average Bonchev–Trinajstić information content (AvgIpc) is 2.64. The van der Waals surface area contributed by atoms with Gasteiger partial charge in [0.05, 0.1) is 0 Å². The molecule has 0 saturated heterocycles. The molecular weight excluding hydrogens is 305 g/mol. The van der Waals surface area contributed by atoms with E-state index < -0.39 is 0 Å². The molecule has 0 unspecified atom stereocenters. The number of fused-ring (bicyclic) bond motifs is 1. The van der Waals surface area contributed by atoms with Crippen LogP contribution in [0.3, 0.4) is 0 Å². The van der Waals surface area contributed by atoms with Crippen LogP contribution in [0.15, 0.2) is 36.4 Å². The van der Waals surface area contributed by atoms with Crippen LogP contribution in [-0.4, -0.2) is 11.7 Å². The maximum absolute atomic E-state index is 9.78. The molecule has 2 aromatic rings. The Hall–Kier alpha value is -1.38. The van der Waals surface area contributed by atoms with Gasteiger partial charge in [0.2, 0.25) is 0 Å². The van der Waals surface area contributed by atoms with Crippen LogP contribution in [-0.2, 0) is 13.0 Å². The minimum Gasteiger partial charge on any atom is -0.508 e. The van der Waals surface area contributed by atoms with Crippen LogP contribution in [0.1, 0.15) is 24.0 Å². The van der Waals surface area contributed by atoms with E-state index in [1.807, 2.05) is 24.3 Å². The van der Waals surface area contributed by atoms with Crippen molar-refractivity contribution in [2.24, 2.45) is 0 Å². The Kier molecular flexibility index (Phi) is 4.27. The Morgan fingerprint density at radius 1 is 1.05 bits per heavy atom. The molecule has 110 valence electrons. The molecule has 0 radical (unpaired) electrons. The summed E-state index contributed by atoms with van der Waals surface area (Å²) >= 11 is 12.2. The van der Waals surface area contributed by atoms with Gasteiger partial charge in [-0.25, -0.2) is 0 Å². The topological polar surface area (TPSA) is 23.5 Å². The molecule has 4 heteroatoms. The number of nitrogens with zero attached hydrogens (tertiary/aromatic N) is 1. The number of anilines is 1. The predicted molar refractivity (Wildman–Crippen MR) is 88.6 cm³/mol. The van der Waals surface area contributed by atoms with Crippen LogP contribution in [0.2, 0.25) is 10.0 Å². The summed E-state index contributed by atoms with van der Waals surface area (Å²) in [6.07, 6.45) is 3.36. The third-order valence-corrected chi connectivity index (χ3v) is 4.50. The highest BCUT2D eigenvalue weighted by atomic mass is 35.5. The summed E-state index contributed by atoms with van der Waals surface area (Å²) in [5, 5.41) is 11.1. The molecule has 21 heavy (non-hydrogen) atoms. The number of phenolic OH excluding ortho intramolecular Hbond substituents is 1. The molecule has 0 bridgehead atoms. The van der Waals surface area contributed by atoms with Crippen LogP contribution >= 0.6 is 23.2 Å². The monoisotopic (exact) mass is 321 g/mol. The van der Waals surface area contributed by atoms with Crippen LogP contribution < -0.4 is 4.90 Å². The normalized spacial score (nSPS) is 14.7. The first-order valence-corrected chi connectivity index (χ1v) is 7.90. The zero-order chi connectivity index (χ0) is 14.8. The van der Waals surface area contributed by atoms with Gasteiger partial charge in [0.25, 0.3) is 0 Å². The highest BCUT2D eigenvalue weighted by molar-refractivity contribution is 6.35. The van der Waals surface area contributed by atoms with Crippen molar-refractivity contribution in [3.63, 3.8) is 0 Å². The largest absolute Gasteiger partial charge is 0.508 e. The maximum atomic E-state index is 9.78. The first-order chi connectivity index (χ1) is 10.1. The fourth-order valence-electron chi connectivity index (χ4n) is 2.82. The lowest BCUT2D eigenvalue weighted by atomic mass is 10.1. The van der Waals surface area contributed by atoms with Gasteiger partial charge < -0.3 is 10.0 Å². The molecule has 2 aromatic carbocycles. The summed E-state index contributed by atoms with van der Waals surface area (Å²) in [5.74, 6) is 0.308. The average molecular weight is 322 g/mol. The molecule has 0 aromatic heterocycles. The highest BCUT2D eigenvalue weighted by Crippen LogP contribution is 2.32. The number of aromatic hydroxyl groups is 1. The van der Waals surface area contributed by atoms with Gasteiger partial charge >= 0.3 is 0 Å². The first-order valence-electron chi connectivity index (χ1n) is 7.14. The van der Waals surface area contributed by atoms with E-state index in [2.05, 4.69) is 4.90 Å². The van der Waals surface area contributed by atoms with Gasteiger partial charge in [-0.15, -0.1) is 0 Å². The lowest BCUT2D eigenvalue weighted by Crippen LogP contribution is -2.23. The van der Waals surface area contributed by atoms with Gasteiger partial charge in [-0.05, 0) is 48.6 Å². The quantitative estimate of drug-likeness (QED) is 0.837. The van der Waals surface area contributed by atoms with Gasteiger partial charge in [0.1, 0.15) is 5.75 Å². The summed E-state index contributed by atoms with van der Waals surface area (Å²) in [5.41, 5.74) is 3.45.